The molecule has 0 bridgehead atoms. The molecule has 0 fully saturated rings. The molecule has 1 aliphatic heterocycles. The lowest BCUT2D eigenvalue weighted by Crippen LogP contribution is -2.20. The Kier molecular flexibility index (Phi) is 4.45. The van der Waals surface area contributed by atoms with Crippen molar-refractivity contribution in [1.82, 2.24) is 14.9 Å². The Morgan fingerprint density at radius 3 is 2.72 bits per heavy atom. The van der Waals surface area contributed by atoms with Crippen molar-refractivity contribution in [3.05, 3.63) is 102 Å². The summed E-state index contributed by atoms with van der Waals surface area (Å²) in [5.41, 5.74) is 9.86. The van der Waals surface area contributed by atoms with Gasteiger partial charge < -0.3 is 10.6 Å². The van der Waals surface area contributed by atoms with Gasteiger partial charge in [-0.05, 0) is 58.2 Å². The highest BCUT2D eigenvalue weighted by Crippen LogP contribution is 2.23. The van der Waals surface area contributed by atoms with E-state index >= 15 is 0 Å². The number of hydrogen-bond acceptors (Lipinski definition) is 4. The van der Waals surface area contributed by atoms with Crippen molar-refractivity contribution >= 4 is 27.4 Å². The van der Waals surface area contributed by atoms with Gasteiger partial charge in [-0.25, -0.2) is 4.98 Å². The minimum atomic E-state index is 0.586. The first-order valence-corrected chi connectivity index (χ1v) is 9.82. The van der Waals surface area contributed by atoms with Gasteiger partial charge in [0.2, 0.25) is 0 Å². The lowest BCUT2D eigenvalue weighted by atomic mass is 10.0. The van der Waals surface area contributed by atoms with Crippen molar-refractivity contribution in [2.45, 2.75) is 13.0 Å². The summed E-state index contributed by atoms with van der Waals surface area (Å²) in [6, 6.07) is 17.1. The number of pyridine rings is 2. The molecule has 0 radical (unpaired) electrons. The zero-order valence-corrected chi connectivity index (χ0v) is 16.1. The summed E-state index contributed by atoms with van der Waals surface area (Å²) in [4.78, 5) is 10.8. The van der Waals surface area contributed by atoms with Crippen LogP contribution >= 0.6 is 0 Å². The molecule has 0 atom stereocenters. The highest BCUT2D eigenvalue weighted by Gasteiger charge is 2.09. The minimum Gasteiger partial charge on any atom is -0.383 e. The van der Waals surface area contributed by atoms with Crippen LogP contribution in [0.15, 0.2) is 91.0 Å². The summed E-state index contributed by atoms with van der Waals surface area (Å²) < 4.78 is 0. The number of fused-ring (bicyclic) bond motifs is 2. The van der Waals surface area contributed by atoms with Gasteiger partial charge in [-0.3, -0.25) is 4.98 Å². The predicted octanol–water partition coefficient (Wildman–Crippen LogP) is 4.86. The van der Waals surface area contributed by atoms with Gasteiger partial charge in [0, 0.05) is 48.7 Å². The average Bonchev–Trinajstić information content (AvgIpc) is 2.74. The van der Waals surface area contributed by atoms with Gasteiger partial charge in [0.25, 0.3) is 0 Å². The van der Waals surface area contributed by atoms with E-state index in [0.717, 1.165) is 30.3 Å². The highest BCUT2D eigenvalue weighted by molar-refractivity contribution is 5.91. The SMILES string of the molecule is Nc1nccc2cc(CN3C=C(Cc4ccc5ccncc5c4)C=CC3)ccc12. The largest absolute Gasteiger partial charge is 0.383 e. The van der Waals surface area contributed by atoms with Gasteiger partial charge in [0.05, 0.1) is 0 Å². The number of hydrogen-bond donors (Lipinski definition) is 1. The average molecular weight is 378 g/mol. The Morgan fingerprint density at radius 2 is 1.76 bits per heavy atom. The molecular weight excluding hydrogens is 356 g/mol. The zero-order valence-electron chi connectivity index (χ0n) is 16.1. The minimum absolute atomic E-state index is 0.586. The van der Waals surface area contributed by atoms with Crippen LogP contribution in [0.1, 0.15) is 11.1 Å². The van der Waals surface area contributed by atoms with Crippen LogP contribution in [0.3, 0.4) is 0 Å². The second-order valence-corrected chi connectivity index (χ2v) is 7.52. The second kappa shape index (κ2) is 7.40. The molecule has 4 aromatic rings. The fraction of sp³-hybridized carbons (Fsp3) is 0.120. The molecule has 2 aromatic carbocycles. The monoisotopic (exact) mass is 378 g/mol. The van der Waals surface area contributed by atoms with Gasteiger partial charge >= 0.3 is 0 Å². The summed E-state index contributed by atoms with van der Waals surface area (Å²) in [6.45, 7) is 1.79. The third-order valence-corrected chi connectivity index (χ3v) is 5.38. The number of nitrogen functional groups attached to an aromatic ring is 1. The van der Waals surface area contributed by atoms with E-state index in [4.69, 9.17) is 5.73 Å². The van der Waals surface area contributed by atoms with Crippen molar-refractivity contribution in [1.29, 1.82) is 0 Å². The van der Waals surface area contributed by atoms with Crippen LogP contribution in [0.5, 0.6) is 0 Å². The molecule has 0 unspecified atom stereocenters. The van der Waals surface area contributed by atoms with Crippen molar-refractivity contribution < 1.29 is 0 Å². The van der Waals surface area contributed by atoms with Crippen LogP contribution in [-0.2, 0) is 13.0 Å². The Labute approximate surface area is 170 Å². The molecule has 29 heavy (non-hydrogen) atoms. The molecule has 4 heteroatoms. The van der Waals surface area contributed by atoms with E-state index in [1.54, 1.807) is 6.20 Å². The van der Waals surface area contributed by atoms with Gasteiger partial charge in [0.1, 0.15) is 5.82 Å². The molecule has 2 N–H and O–H groups in total. The van der Waals surface area contributed by atoms with Crippen LogP contribution in [0, 0.1) is 0 Å². The van der Waals surface area contributed by atoms with E-state index in [0.29, 0.717) is 5.82 Å². The maximum Gasteiger partial charge on any atom is 0.131 e. The van der Waals surface area contributed by atoms with Crippen molar-refractivity contribution in [2.75, 3.05) is 12.3 Å². The molecular formula is C25H22N4. The molecule has 142 valence electrons. The van der Waals surface area contributed by atoms with Gasteiger partial charge in [-0.15, -0.1) is 0 Å². The number of benzene rings is 2. The Morgan fingerprint density at radius 1 is 0.897 bits per heavy atom. The molecule has 4 nitrogen and oxygen atoms in total. The summed E-state index contributed by atoms with van der Waals surface area (Å²) >= 11 is 0. The number of nitrogens with two attached hydrogens (primary N) is 1. The molecule has 0 aliphatic carbocycles. The molecule has 1 aliphatic rings. The van der Waals surface area contributed by atoms with E-state index < -0.39 is 0 Å². The Hall–Kier alpha value is -3.66. The zero-order chi connectivity index (χ0) is 19.6. The third-order valence-electron chi connectivity index (χ3n) is 5.38. The first-order chi connectivity index (χ1) is 14.2. The van der Waals surface area contributed by atoms with E-state index in [9.17, 15) is 0 Å². The van der Waals surface area contributed by atoms with Crippen LogP contribution in [0.2, 0.25) is 0 Å². The fourth-order valence-corrected chi connectivity index (χ4v) is 3.95. The van der Waals surface area contributed by atoms with Crippen molar-refractivity contribution in [3.8, 4) is 0 Å². The van der Waals surface area contributed by atoms with Gasteiger partial charge in [-0.2, -0.15) is 0 Å². The maximum absolute atomic E-state index is 5.97. The molecule has 5 rings (SSSR count). The summed E-state index contributed by atoms with van der Waals surface area (Å²) in [7, 11) is 0. The molecule has 0 saturated carbocycles. The summed E-state index contributed by atoms with van der Waals surface area (Å²) in [6.07, 6.45) is 13.2. The molecule has 0 spiro atoms. The number of nitrogens with zero attached hydrogens (tertiary/aromatic N) is 3. The second-order valence-electron chi connectivity index (χ2n) is 7.52. The lowest BCUT2D eigenvalue weighted by Gasteiger charge is -2.24. The van der Waals surface area contributed by atoms with Gasteiger partial charge in [0.15, 0.2) is 0 Å². The quantitative estimate of drug-likeness (QED) is 0.551. The summed E-state index contributed by atoms with van der Waals surface area (Å²) in [5, 5.41) is 4.56. The molecule has 0 amide bonds. The number of anilines is 1. The van der Waals surface area contributed by atoms with E-state index in [1.807, 2.05) is 24.5 Å². The Bertz CT molecular complexity index is 1260. The number of rotatable bonds is 4. The van der Waals surface area contributed by atoms with Crippen LogP contribution in [0.25, 0.3) is 21.5 Å². The Balaban J connectivity index is 1.34. The standard InChI is InChI=1S/C25H22N4/c26-25-24-6-4-20(14-22(24)8-10-28-25)17-29-11-1-2-19(16-29)12-18-3-5-21-7-9-27-15-23(21)13-18/h1-10,13-16H,11-12,17H2,(H2,26,28). The maximum atomic E-state index is 5.97. The smallest absolute Gasteiger partial charge is 0.131 e. The van der Waals surface area contributed by atoms with E-state index in [-0.39, 0.29) is 0 Å². The van der Waals surface area contributed by atoms with Gasteiger partial charge in [-0.1, -0.05) is 36.4 Å². The summed E-state index contributed by atoms with van der Waals surface area (Å²) in [5.74, 6) is 0.586. The topological polar surface area (TPSA) is 55.0 Å². The lowest BCUT2D eigenvalue weighted by molar-refractivity contribution is 0.401. The number of aromatic nitrogens is 2. The molecule has 3 heterocycles. The first-order valence-electron chi connectivity index (χ1n) is 9.82. The molecule has 0 saturated heterocycles. The normalized spacial score (nSPS) is 13.8. The highest BCUT2D eigenvalue weighted by atomic mass is 15.1. The van der Waals surface area contributed by atoms with Crippen LogP contribution < -0.4 is 5.73 Å². The molecule has 2 aromatic heterocycles. The van der Waals surface area contributed by atoms with Crippen LogP contribution in [-0.4, -0.2) is 21.4 Å². The third kappa shape index (κ3) is 3.69. The van der Waals surface area contributed by atoms with Crippen LogP contribution in [0.4, 0.5) is 5.82 Å². The van der Waals surface area contributed by atoms with E-state index in [1.165, 1.54) is 27.5 Å². The first kappa shape index (κ1) is 17.4. The fourth-order valence-electron chi connectivity index (χ4n) is 3.95. The van der Waals surface area contributed by atoms with E-state index in [2.05, 4.69) is 69.6 Å². The van der Waals surface area contributed by atoms with Crippen molar-refractivity contribution in [2.24, 2.45) is 0 Å². The predicted molar refractivity (Wildman–Crippen MR) is 119 cm³/mol. The number of allylic oxidation sites excluding steroid dienone is 2. The van der Waals surface area contributed by atoms with Crippen molar-refractivity contribution in [3.63, 3.8) is 0 Å².